The molecule has 5 nitrogen and oxygen atoms in total. The molecule has 3 aliphatic heterocycles. The molecule has 5 aliphatic rings. The van der Waals surface area contributed by atoms with Crippen molar-refractivity contribution in [3.05, 3.63) is 59.5 Å². The Hall–Kier alpha value is -2.27. The van der Waals surface area contributed by atoms with Gasteiger partial charge in [-0.1, -0.05) is 30.4 Å². The summed E-state index contributed by atoms with van der Waals surface area (Å²) in [4.78, 5) is 20.5. The lowest BCUT2D eigenvalue weighted by atomic mass is 9.97. The summed E-state index contributed by atoms with van der Waals surface area (Å²) in [6.07, 6.45) is 20.6. The maximum absolute atomic E-state index is 13.4. The summed E-state index contributed by atoms with van der Waals surface area (Å²) >= 11 is 0. The highest BCUT2D eigenvalue weighted by atomic mass is 16.5. The van der Waals surface area contributed by atoms with E-state index in [4.69, 9.17) is 4.74 Å². The second-order valence-electron chi connectivity index (χ2n) is 9.46. The van der Waals surface area contributed by atoms with Crippen molar-refractivity contribution in [3.8, 4) is 0 Å². The molecule has 1 amide bonds. The van der Waals surface area contributed by atoms with Crippen molar-refractivity contribution in [1.29, 1.82) is 0 Å². The number of piperidine rings is 1. The Balaban J connectivity index is 1.26. The largest absolute Gasteiger partial charge is 0.378 e. The first-order chi connectivity index (χ1) is 15.2. The minimum Gasteiger partial charge on any atom is -0.378 e. The van der Waals surface area contributed by atoms with Gasteiger partial charge in [0.15, 0.2) is 0 Å². The predicted molar refractivity (Wildman–Crippen MR) is 123 cm³/mol. The van der Waals surface area contributed by atoms with E-state index in [0.717, 1.165) is 64.2 Å². The molecular formula is C26H35N3O2. The maximum Gasteiger partial charge on any atom is 0.249 e. The molecule has 5 heteroatoms. The highest BCUT2D eigenvalue weighted by Crippen LogP contribution is 2.39. The van der Waals surface area contributed by atoms with Crippen molar-refractivity contribution in [2.75, 3.05) is 39.4 Å². The van der Waals surface area contributed by atoms with Gasteiger partial charge in [0.2, 0.25) is 5.91 Å². The molecule has 5 rings (SSSR count). The van der Waals surface area contributed by atoms with Crippen LogP contribution in [0, 0.1) is 5.92 Å². The zero-order chi connectivity index (χ0) is 21.2. The minimum absolute atomic E-state index is 0.250. The number of carbonyl (C=O) groups excluding carboxylic acids is 1. The third-order valence-corrected chi connectivity index (χ3v) is 7.48. The van der Waals surface area contributed by atoms with Crippen LogP contribution in [0.4, 0.5) is 0 Å². The summed E-state index contributed by atoms with van der Waals surface area (Å²) in [6.45, 7) is 7.61. The van der Waals surface area contributed by atoms with Crippen molar-refractivity contribution < 1.29 is 9.53 Å². The van der Waals surface area contributed by atoms with E-state index in [9.17, 15) is 4.79 Å². The molecule has 3 saturated heterocycles. The number of hydrogen-bond donors (Lipinski definition) is 0. The lowest BCUT2D eigenvalue weighted by Crippen LogP contribution is -2.50. The van der Waals surface area contributed by atoms with Crippen LogP contribution in [0.5, 0.6) is 0 Å². The fraction of sp³-hybridized carbons (Fsp3) is 0.577. The van der Waals surface area contributed by atoms with Gasteiger partial charge >= 0.3 is 0 Å². The lowest BCUT2D eigenvalue weighted by molar-refractivity contribution is -0.129. The van der Waals surface area contributed by atoms with Crippen LogP contribution in [-0.4, -0.2) is 72.1 Å². The number of hydrogen-bond acceptors (Lipinski definition) is 4. The summed E-state index contributed by atoms with van der Waals surface area (Å²) < 4.78 is 5.47. The zero-order valence-electron chi connectivity index (χ0n) is 18.7. The van der Waals surface area contributed by atoms with Crippen molar-refractivity contribution >= 4 is 5.91 Å². The van der Waals surface area contributed by atoms with Crippen LogP contribution in [0.3, 0.4) is 0 Å². The van der Waals surface area contributed by atoms with Gasteiger partial charge in [0.1, 0.15) is 0 Å². The Morgan fingerprint density at radius 1 is 1.03 bits per heavy atom. The predicted octanol–water partition coefficient (Wildman–Crippen LogP) is 3.63. The quantitative estimate of drug-likeness (QED) is 0.697. The first-order valence-corrected chi connectivity index (χ1v) is 12.1. The first-order valence-electron chi connectivity index (χ1n) is 12.1. The van der Waals surface area contributed by atoms with Gasteiger partial charge in [0, 0.05) is 61.1 Å². The Bertz CT molecular complexity index is 847. The smallest absolute Gasteiger partial charge is 0.249 e. The fourth-order valence-corrected chi connectivity index (χ4v) is 5.91. The van der Waals surface area contributed by atoms with E-state index in [1.54, 1.807) is 0 Å². The van der Waals surface area contributed by atoms with Crippen molar-refractivity contribution in [1.82, 2.24) is 14.7 Å². The number of nitrogens with zero attached hydrogens (tertiary/aromatic N) is 3. The monoisotopic (exact) mass is 421 g/mol. The molecule has 166 valence electrons. The SMILES string of the molecule is CC1CC2C=CC=CC=C2N1C1CCCN(C(=O)C2=CC=C(N3CCOCC3)CC2)C1. The molecule has 3 unspecified atom stereocenters. The molecule has 0 aromatic rings. The number of likely N-dealkylation sites (tertiary alicyclic amines) is 2. The second kappa shape index (κ2) is 9.07. The molecule has 0 saturated carbocycles. The molecule has 0 spiro atoms. The van der Waals surface area contributed by atoms with Crippen LogP contribution in [0.1, 0.15) is 39.0 Å². The fourth-order valence-electron chi connectivity index (χ4n) is 5.91. The van der Waals surface area contributed by atoms with Crippen molar-refractivity contribution in [2.45, 2.75) is 51.1 Å². The van der Waals surface area contributed by atoms with E-state index in [0.29, 0.717) is 18.0 Å². The van der Waals surface area contributed by atoms with E-state index >= 15 is 0 Å². The van der Waals surface area contributed by atoms with Gasteiger partial charge < -0.3 is 19.4 Å². The lowest BCUT2D eigenvalue weighted by Gasteiger charge is -2.42. The Morgan fingerprint density at radius 2 is 1.90 bits per heavy atom. The van der Waals surface area contributed by atoms with Gasteiger partial charge in [-0.25, -0.2) is 0 Å². The number of carbonyl (C=O) groups is 1. The maximum atomic E-state index is 13.4. The van der Waals surface area contributed by atoms with Crippen molar-refractivity contribution in [2.24, 2.45) is 5.92 Å². The summed E-state index contributed by atoms with van der Waals surface area (Å²) in [5.74, 6) is 0.765. The number of morpholine rings is 1. The summed E-state index contributed by atoms with van der Waals surface area (Å²) in [5, 5.41) is 0. The van der Waals surface area contributed by atoms with Crippen LogP contribution in [0.2, 0.25) is 0 Å². The summed E-state index contributed by atoms with van der Waals surface area (Å²) in [5.41, 5.74) is 3.77. The molecule has 3 atom stereocenters. The number of allylic oxidation sites excluding steroid dienone is 8. The number of ether oxygens (including phenoxy) is 1. The molecule has 0 aromatic heterocycles. The average Bonchev–Trinajstić information content (AvgIpc) is 2.97. The zero-order valence-corrected chi connectivity index (χ0v) is 18.7. The number of rotatable bonds is 3. The van der Waals surface area contributed by atoms with Crippen LogP contribution >= 0.6 is 0 Å². The summed E-state index contributed by atoms with van der Waals surface area (Å²) in [7, 11) is 0. The Kier molecular flexibility index (Phi) is 6.04. The van der Waals surface area contributed by atoms with Crippen LogP contribution < -0.4 is 0 Å². The molecule has 2 aliphatic carbocycles. The molecule has 0 N–H and O–H groups in total. The van der Waals surface area contributed by atoms with E-state index < -0.39 is 0 Å². The second-order valence-corrected chi connectivity index (χ2v) is 9.46. The van der Waals surface area contributed by atoms with Gasteiger partial charge in [-0.2, -0.15) is 0 Å². The Labute approximate surface area is 186 Å². The van der Waals surface area contributed by atoms with Gasteiger partial charge in [0.25, 0.3) is 0 Å². The number of fused-ring (bicyclic) bond motifs is 1. The normalized spacial score (nSPS) is 31.1. The van der Waals surface area contributed by atoms with E-state index in [1.165, 1.54) is 24.2 Å². The standard InChI is InChI=1S/C26H35N3O2/c1-20-18-22-6-3-2-4-8-25(22)29(20)24-7-5-13-28(19-24)26(30)21-9-11-23(12-10-21)27-14-16-31-17-15-27/h2-4,6,8-9,11,20,22,24H,5,7,10,12-19H2,1H3. The molecule has 0 aromatic carbocycles. The van der Waals surface area contributed by atoms with Gasteiger partial charge in [-0.05, 0) is 51.2 Å². The highest BCUT2D eigenvalue weighted by Gasteiger charge is 2.39. The van der Waals surface area contributed by atoms with Crippen molar-refractivity contribution in [3.63, 3.8) is 0 Å². The molecule has 31 heavy (non-hydrogen) atoms. The third kappa shape index (κ3) is 4.25. The first kappa shape index (κ1) is 20.6. The Morgan fingerprint density at radius 3 is 2.71 bits per heavy atom. The topological polar surface area (TPSA) is 36.0 Å². The van der Waals surface area contributed by atoms with E-state index in [-0.39, 0.29) is 5.91 Å². The van der Waals surface area contributed by atoms with Gasteiger partial charge in [0.05, 0.1) is 13.2 Å². The number of amides is 1. The van der Waals surface area contributed by atoms with E-state index in [2.05, 4.69) is 64.2 Å². The van der Waals surface area contributed by atoms with Gasteiger partial charge in [-0.15, -0.1) is 0 Å². The molecule has 3 fully saturated rings. The molecular weight excluding hydrogens is 386 g/mol. The van der Waals surface area contributed by atoms with Crippen LogP contribution in [-0.2, 0) is 9.53 Å². The van der Waals surface area contributed by atoms with Crippen LogP contribution in [0.15, 0.2) is 59.5 Å². The average molecular weight is 422 g/mol. The van der Waals surface area contributed by atoms with E-state index in [1.807, 2.05) is 0 Å². The molecule has 3 heterocycles. The highest BCUT2D eigenvalue weighted by molar-refractivity contribution is 5.94. The van der Waals surface area contributed by atoms with Gasteiger partial charge in [-0.3, -0.25) is 4.79 Å². The minimum atomic E-state index is 0.250. The molecule has 0 bridgehead atoms. The third-order valence-electron chi connectivity index (χ3n) is 7.48. The molecule has 0 radical (unpaired) electrons. The van der Waals surface area contributed by atoms with Crippen LogP contribution in [0.25, 0.3) is 0 Å². The summed E-state index contributed by atoms with van der Waals surface area (Å²) in [6, 6.07) is 0.952.